The van der Waals surface area contributed by atoms with E-state index in [2.05, 4.69) is 20.2 Å². The number of hydrogen-bond acceptors (Lipinski definition) is 6. The molecule has 2 aliphatic heterocycles. The van der Waals surface area contributed by atoms with Crippen LogP contribution < -0.4 is 10.2 Å². The molecule has 2 aromatic rings. The van der Waals surface area contributed by atoms with E-state index in [0.29, 0.717) is 13.2 Å². The molecule has 0 bridgehead atoms. The van der Waals surface area contributed by atoms with Crippen molar-refractivity contribution in [1.29, 1.82) is 0 Å². The van der Waals surface area contributed by atoms with Crippen molar-refractivity contribution in [3.63, 3.8) is 0 Å². The number of fused-ring (bicyclic) bond motifs is 1. The molecule has 2 aliphatic rings. The van der Waals surface area contributed by atoms with Gasteiger partial charge < -0.3 is 19.4 Å². The second-order valence-corrected chi connectivity index (χ2v) is 6.55. The highest BCUT2D eigenvalue weighted by Crippen LogP contribution is 2.34. The van der Waals surface area contributed by atoms with Gasteiger partial charge in [-0.05, 0) is 31.0 Å². The second kappa shape index (κ2) is 7.23. The molecule has 4 heterocycles. The Labute approximate surface area is 146 Å². The molecular weight excluding hydrogens is 320 g/mol. The van der Waals surface area contributed by atoms with Crippen molar-refractivity contribution >= 4 is 11.9 Å². The highest BCUT2D eigenvalue weighted by atomic mass is 16.5. The molecule has 0 aromatic carbocycles. The normalized spacial score (nSPS) is 26.1. The number of aromatic nitrogens is 2. The summed E-state index contributed by atoms with van der Waals surface area (Å²) in [5.41, 5.74) is 0. The van der Waals surface area contributed by atoms with E-state index in [-0.39, 0.29) is 23.8 Å². The number of anilines is 1. The van der Waals surface area contributed by atoms with Crippen molar-refractivity contribution < 1.29 is 13.9 Å². The van der Waals surface area contributed by atoms with E-state index in [9.17, 15) is 4.79 Å². The summed E-state index contributed by atoms with van der Waals surface area (Å²) >= 11 is 0. The van der Waals surface area contributed by atoms with Crippen LogP contribution in [0.4, 0.5) is 5.95 Å². The molecule has 1 N–H and O–H groups in total. The van der Waals surface area contributed by atoms with Gasteiger partial charge in [-0.15, -0.1) is 0 Å². The molecule has 1 amide bonds. The summed E-state index contributed by atoms with van der Waals surface area (Å²) in [6.45, 7) is 2.66. The minimum Gasteiger partial charge on any atom is -0.467 e. The van der Waals surface area contributed by atoms with Gasteiger partial charge in [0.1, 0.15) is 5.76 Å². The third-order valence-corrected chi connectivity index (χ3v) is 5.06. The van der Waals surface area contributed by atoms with Crippen molar-refractivity contribution in [3.05, 3.63) is 42.6 Å². The first-order chi connectivity index (χ1) is 12.3. The van der Waals surface area contributed by atoms with Crippen molar-refractivity contribution in [2.24, 2.45) is 11.8 Å². The zero-order valence-electron chi connectivity index (χ0n) is 14.0. The average molecular weight is 342 g/mol. The molecule has 2 saturated heterocycles. The van der Waals surface area contributed by atoms with Gasteiger partial charge in [-0.25, -0.2) is 9.97 Å². The fourth-order valence-electron chi connectivity index (χ4n) is 3.79. The number of hydrogen-bond donors (Lipinski definition) is 1. The van der Waals surface area contributed by atoms with E-state index in [0.717, 1.165) is 37.6 Å². The molecule has 0 spiro atoms. The molecule has 3 atom stereocenters. The Morgan fingerprint density at radius 1 is 1.28 bits per heavy atom. The van der Waals surface area contributed by atoms with Crippen LogP contribution >= 0.6 is 0 Å². The summed E-state index contributed by atoms with van der Waals surface area (Å²) in [5, 5.41) is 3.00. The molecule has 0 saturated carbocycles. The maximum atomic E-state index is 12.7. The standard InChI is InChI=1S/C18H22N4O3/c23-17(21-11-13-3-1-9-24-13)14-5-10-25-16-4-8-22(12-15(14)16)18-19-6-2-7-20-18/h1-3,6-7,9,14-16H,4-5,8,10-12H2,(H,21,23)/t14-,15+,16-/m1/s1. The smallest absolute Gasteiger partial charge is 0.225 e. The van der Waals surface area contributed by atoms with E-state index in [1.54, 1.807) is 18.7 Å². The lowest BCUT2D eigenvalue weighted by Crippen LogP contribution is -2.53. The SMILES string of the molecule is O=C(NCc1ccco1)[C@@H]1CCO[C@@H]2CCN(c3ncccn3)C[C@H]21. The Balaban J connectivity index is 1.43. The molecule has 25 heavy (non-hydrogen) atoms. The van der Waals surface area contributed by atoms with Gasteiger partial charge in [-0.3, -0.25) is 4.79 Å². The van der Waals surface area contributed by atoms with Gasteiger partial charge in [0, 0.05) is 43.9 Å². The number of piperidine rings is 1. The molecule has 7 heteroatoms. The first-order valence-corrected chi connectivity index (χ1v) is 8.75. The van der Waals surface area contributed by atoms with Crippen LogP contribution in [0.25, 0.3) is 0 Å². The molecular formula is C18H22N4O3. The van der Waals surface area contributed by atoms with E-state index in [4.69, 9.17) is 9.15 Å². The first kappa shape index (κ1) is 16.1. The molecule has 132 valence electrons. The highest BCUT2D eigenvalue weighted by Gasteiger charge is 2.42. The Hall–Kier alpha value is -2.41. The van der Waals surface area contributed by atoms with Crippen LogP contribution in [0.3, 0.4) is 0 Å². The average Bonchev–Trinajstić information content (AvgIpc) is 3.19. The quantitative estimate of drug-likeness (QED) is 0.909. The van der Waals surface area contributed by atoms with Crippen LogP contribution in [-0.2, 0) is 16.1 Å². The van der Waals surface area contributed by atoms with Gasteiger partial charge in [0.15, 0.2) is 0 Å². The maximum absolute atomic E-state index is 12.7. The van der Waals surface area contributed by atoms with Gasteiger partial charge >= 0.3 is 0 Å². The summed E-state index contributed by atoms with van der Waals surface area (Å²) in [7, 11) is 0. The minimum atomic E-state index is -0.0553. The topological polar surface area (TPSA) is 80.5 Å². The van der Waals surface area contributed by atoms with Gasteiger partial charge in [-0.1, -0.05) is 0 Å². The lowest BCUT2D eigenvalue weighted by molar-refractivity contribution is -0.137. The van der Waals surface area contributed by atoms with E-state index < -0.39 is 0 Å². The third-order valence-electron chi connectivity index (χ3n) is 5.06. The summed E-state index contributed by atoms with van der Waals surface area (Å²) in [5.74, 6) is 1.66. The first-order valence-electron chi connectivity index (χ1n) is 8.75. The van der Waals surface area contributed by atoms with Crippen molar-refractivity contribution in [3.8, 4) is 0 Å². The van der Waals surface area contributed by atoms with Crippen LogP contribution in [0.15, 0.2) is 41.3 Å². The monoisotopic (exact) mass is 342 g/mol. The van der Waals surface area contributed by atoms with E-state index >= 15 is 0 Å². The Kier molecular flexibility index (Phi) is 4.65. The fraction of sp³-hybridized carbons (Fsp3) is 0.500. The van der Waals surface area contributed by atoms with Crippen molar-refractivity contribution in [2.75, 3.05) is 24.6 Å². The number of amides is 1. The molecule has 7 nitrogen and oxygen atoms in total. The number of ether oxygens (including phenoxy) is 1. The van der Waals surface area contributed by atoms with E-state index in [1.165, 1.54) is 0 Å². The largest absolute Gasteiger partial charge is 0.467 e. The molecule has 2 fully saturated rings. The van der Waals surface area contributed by atoms with E-state index in [1.807, 2.05) is 18.2 Å². The Bertz CT molecular complexity index is 692. The number of nitrogens with zero attached hydrogens (tertiary/aromatic N) is 3. The Morgan fingerprint density at radius 3 is 2.96 bits per heavy atom. The predicted molar refractivity (Wildman–Crippen MR) is 90.8 cm³/mol. The second-order valence-electron chi connectivity index (χ2n) is 6.55. The van der Waals surface area contributed by atoms with Crippen molar-refractivity contribution in [1.82, 2.24) is 15.3 Å². The molecule has 0 radical (unpaired) electrons. The molecule has 0 unspecified atom stereocenters. The number of nitrogens with one attached hydrogen (secondary N) is 1. The predicted octanol–water partition coefficient (Wildman–Crippen LogP) is 1.62. The van der Waals surface area contributed by atoms with Gasteiger partial charge in [0.05, 0.1) is 18.9 Å². The lowest BCUT2D eigenvalue weighted by Gasteiger charge is -2.44. The summed E-state index contributed by atoms with van der Waals surface area (Å²) in [6, 6.07) is 5.50. The molecule has 4 rings (SSSR count). The molecule has 0 aliphatic carbocycles. The van der Waals surface area contributed by atoms with Crippen LogP contribution in [0.5, 0.6) is 0 Å². The third kappa shape index (κ3) is 3.51. The maximum Gasteiger partial charge on any atom is 0.225 e. The summed E-state index contributed by atoms with van der Waals surface area (Å²) in [6.07, 6.45) is 6.89. The lowest BCUT2D eigenvalue weighted by atomic mass is 9.79. The van der Waals surface area contributed by atoms with Gasteiger partial charge in [0.25, 0.3) is 0 Å². The van der Waals surface area contributed by atoms with Crippen LogP contribution in [0.1, 0.15) is 18.6 Å². The summed E-state index contributed by atoms with van der Waals surface area (Å²) in [4.78, 5) is 23.6. The van der Waals surface area contributed by atoms with Crippen LogP contribution in [0.2, 0.25) is 0 Å². The highest BCUT2D eigenvalue weighted by molar-refractivity contribution is 5.79. The van der Waals surface area contributed by atoms with Gasteiger partial charge in [-0.2, -0.15) is 0 Å². The van der Waals surface area contributed by atoms with Crippen molar-refractivity contribution in [2.45, 2.75) is 25.5 Å². The molecule has 2 aromatic heterocycles. The Morgan fingerprint density at radius 2 is 2.16 bits per heavy atom. The number of carbonyl (C=O) groups is 1. The minimum absolute atomic E-state index is 0.0553. The number of furan rings is 1. The zero-order valence-corrected chi connectivity index (χ0v) is 14.0. The van der Waals surface area contributed by atoms with Gasteiger partial charge in [0.2, 0.25) is 11.9 Å². The zero-order chi connectivity index (χ0) is 17.1. The van der Waals surface area contributed by atoms with Crippen LogP contribution in [-0.4, -0.2) is 41.7 Å². The van der Waals surface area contributed by atoms with Crippen LogP contribution in [0, 0.1) is 11.8 Å². The fourth-order valence-corrected chi connectivity index (χ4v) is 3.79. The number of rotatable bonds is 4. The number of carbonyl (C=O) groups excluding carboxylic acids is 1. The summed E-state index contributed by atoms with van der Waals surface area (Å²) < 4.78 is 11.2.